The summed E-state index contributed by atoms with van der Waals surface area (Å²) < 4.78 is 5.09. The molecule has 0 bridgehead atoms. The number of carboxylic acids is 1. The number of carboxylic acid groups (broad SMARTS) is 1. The van der Waals surface area contributed by atoms with Crippen LogP contribution < -0.4 is 10.8 Å². The molecule has 1 atom stereocenters. The maximum atomic E-state index is 12.4. The smallest absolute Gasteiger partial charge is 0.480 e. The van der Waals surface area contributed by atoms with Crippen LogP contribution in [0.4, 0.5) is 0 Å². The van der Waals surface area contributed by atoms with Crippen molar-refractivity contribution in [1.82, 2.24) is 5.32 Å². The van der Waals surface area contributed by atoms with Crippen molar-refractivity contribution in [3.05, 3.63) is 65.2 Å². The Labute approximate surface area is 145 Å². The van der Waals surface area contributed by atoms with Crippen molar-refractivity contribution in [2.24, 2.45) is 0 Å². The van der Waals surface area contributed by atoms with Gasteiger partial charge in [0, 0.05) is 5.56 Å². The molecular weight excluding hydrogens is 321 g/mol. The molecule has 1 aliphatic heterocycles. The zero-order chi connectivity index (χ0) is 17.8. The summed E-state index contributed by atoms with van der Waals surface area (Å²) in [4.78, 5) is 23.8. The highest BCUT2D eigenvalue weighted by Gasteiger charge is 2.28. The predicted octanol–water partition coefficient (Wildman–Crippen LogP) is 0.720. The van der Waals surface area contributed by atoms with Gasteiger partial charge in [-0.25, -0.2) is 4.79 Å². The fourth-order valence-corrected chi connectivity index (χ4v) is 2.81. The highest BCUT2D eigenvalue weighted by atomic mass is 16.5. The van der Waals surface area contributed by atoms with E-state index >= 15 is 0 Å². The molecule has 0 radical (unpaired) electrons. The predicted molar refractivity (Wildman–Crippen MR) is 92.5 cm³/mol. The second-order valence-electron chi connectivity index (χ2n) is 5.97. The number of benzene rings is 2. The maximum Gasteiger partial charge on any atom is 0.491 e. The van der Waals surface area contributed by atoms with Crippen molar-refractivity contribution >= 4 is 24.5 Å². The summed E-state index contributed by atoms with van der Waals surface area (Å²) in [5.41, 5.74) is 2.68. The lowest BCUT2D eigenvalue weighted by Crippen LogP contribution is -2.41. The van der Waals surface area contributed by atoms with Gasteiger partial charge in [-0.3, -0.25) is 4.79 Å². The van der Waals surface area contributed by atoms with Gasteiger partial charge in [0.1, 0.15) is 6.04 Å². The van der Waals surface area contributed by atoms with Gasteiger partial charge < -0.3 is 20.1 Å². The molecule has 0 fully saturated rings. The number of aryl methyl sites for hydroxylation is 1. The third-order valence-corrected chi connectivity index (χ3v) is 4.24. The molecule has 2 aromatic rings. The second kappa shape index (κ2) is 7.50. The largest absolute Gasteiger partial charge is 0.491 e. The van der Waals surface area contributed by atoms with E-state index in [1.54, 1.807) is 18.2 Å². The summed E-state index contributed by atoms with van der Waals surface area (Å²) in [5.74, 6) is -1.56. The molecule has 0 spiro atoms. The minimum Gasteiger partial charge on any atom is -0.480 e. The molecule has 128 valence electrons. The van der Waals surface area contributed by atoms with Gasteiger partial charge in [-0.2, -0.15) is 0 Å². The number of carbonyl (C=O) groups is 2. The molecule has 1 aliphatic rings. The number of fused-ring (bicyclic) bond motifs is 1. The fourth-order valence-electron chi connectivity index (χ4n) is 2.81. The van der Waals surface area contributed by atoms with Gasteiger partial charge in [-0.15, -0.1) is 0 Å². The van der Waals surface area contributed by atoms with Crippen molar-refractivity contribution in [2.75, 3.05) is 0 Å². The highest BCUT2D eigenvalue weighted by molar-refractivity contribution is 6.61. The topological polar surface area (TPSA) is 95.9 Å². The summed E-state index contributed by atoms with van der Waals surface area (Å²) in [6, 6.07) is 13.4. The summed E-state index contributed by atoms with van der Waals surface area (Å²) >= 11 is 0. The fraction of sp³-hybridized carbons (Fsp3) is 0.222. The first-order valence-corrected chi connectivity index (χ1v) is 8.04. The Morgan fingerprint density at radius 3 is 2.68 bits per heavy atom. The Bertz CT molecular complexity index is 780. The van der Waals surface area contributed by atoms with E-state index in [0.29, 0.717) is 30.5 Å². The lowest BCUT2D eigenvalue weighted by Gasteiger charge is -2.15. The van der Waals surface area contributed by atoms with Gasteiger partial charge in [-0.05, 0) is 41.6 Å². The third-order valence-electron chi connectivity index (χ3n) is 4.24. The Hall–Kier alpha value is -2.64. The number of amides is 1. The van der Waals surface area contributed by atoms with Crippen LogP contribution in [0.5, 0.6) is 0 Å². The minimum absolute atomic E-state index is 0.293. The van der Waals surface area contributed by atoms with Crippen LogP contribution >= 0.6 is 0 Å². The highest BCUT2D eigenvalue weighted by Crippen LogP contribution is 2.12. The lowest BCUT2D eigenvalue weighted by molar-refractivity contribution is -0.139. The van der Waals surface area contributed by atoms with E-state index in [-0.39, 0.29) is 0 Å². The summed E-state index contributed by atoms with van der Waals surface area (Å²) in [6.45, 7) is 0.299. The number of nitrogens with one attached hydrogen (secondary N) is 1. The van der Waals surface area contributed by atoms with Crippen LogP contribution in [0.15, 0.2) is 48.5 Å². The van der Waals surface area contributed by atoms with Gasteiger partial charge in [0.2, 0.25) is 0 Å². The first-order valence-electron chi connectivity index (χ1n) is 8.04. The molecule has 0 saturated heterocycles. The minimum atomic E-state index is -1.08. The molecule has 1 heterocycles. The maximum absolute atomic E-state index is 12.4. The zero-order valence-electron chi connectivity index (χ0n) is 13.5. The van der Waals surface area contributed by atoms with E-state index in [4.69, 9.17) is 4.65 Å². The first-order chi connectivity index (χ1) is 12.0. The molecule has 0 saturated carbocycles. The van der Waals surface area contributed by atoms with Gasteiger partial charge >= 0.3 is 13.1 Å². The van der Waals surface area contributed by atoms with Crippen molar-refractivity contribution in [2.45, 2.75) is 25.5 Å². The van der Waals surface area contributed by atoms with Crippen LogP contribution in [0.2, 0.25) is 0 Å². The van der Waals surface area contributed by atoms with Gasteiger partial charge in [0.05, 0.1) is 6.61 Å². The average Bonchev–Trinajstić information content (AvgIpc) is 2.99. The van der Waals surface area contributed by atoms with Crippen LogP contribution in [0.3, 0.4) is 0 Å². The summed E-state index contributed by atoms with van der Waals surface area (Å²) in [7, 11) is -1.05. The molecule has 1 amide bonds. The molecule has 3 rings (SSSR count). The van der Waals surface area contributed by atoms with E-state index in [0.717, 1.165) is 11.1 Å². The molecule has 7 heteroatoms. The Morgan fingerprint density at radius 1 is 1.20 bits per heavy atom. The van der Waals surface area contributed by atoms with Crippen LogP contribution in [-0.4, -0.2) is 35.2 Å². The molecule has 0 aromatic heterocycles. The molecule has 6 nitrogen and oxygen atoms in total. The number of hydrogen-bond donors (Lipinski definition) is 3. The van der Waals surface area contributed by atoms with E-state index in [1.807, 2.05) is 30.3 Å². The van der Waals surface area contributed by atoms with Gasteiger partial charge in [0.15, 0.2) is 0 Å². The SMILES string of the molecule is O=C(N[C@H](CCc1ccccc1)C(=O)O)c1ccc2c(c1)B(O)OC2. The van der Waals surface area contributed by atoms with Gasteiger partial charge in [0.25, 0.3) is 5.91 Å². The second-order valence-corrected chi connectivity index (χ2v) is 5.97. The number of carbonyl (C=O) groups excluding carboxylic acids is 1. The third kappa shape index (κ3) is 4.07. The van der Waals surface area contributed by atoms with Crippen LogP contribution in [-0.2, 0) is 22.5 Å². The monoisotopic (exact) mass is 339 g/mol. The molecule has 3 N–H and O–H groups in total. The average molecular weight is 339 g/mol. The first kappa shape index (κ1) is 17.2. The standard InChI is InChI=1S/C18H18BNO5/c21-17(13-7-8-14-11-25-19(24)15(14)10-13)20-16(18(22)23)9-6-12-4-2-1-3-5-12/h1-5,7-8,10,16,24H,6,9,11H2,(H,20,21)(H,22,23)/t16-/m1/s1. The normalized spacial score (nSPS) is 14.0. The molecular formula is C18H18BNO5. The summed E-state index contributed by atoms with van der Waals surface area (Å²) in [5, 5.41) is 21.6. The van der Waals surface area contributed by atoms with E-state index in [9.17, 15) is 19.7 Å². The molecule has 0 aliphatic carbocycles. The van der Waals surface area contributed by atoms with Crippen LogP contribution in [0.25, 0.3) is 0 Å². The van der Waals surface area contributed by atoms with E-state index in [2.05, 4.69) is 5.32 Å². The molecule has 0 unspecified atom stereocenters. The van der Waals surface area contributed by atoms with Gasteiger partial charge in [-0.1, -0.05) is 36.4 Å². The Morgan fingerprint density at radius 2 is 1.96 bits per heavy atom. The van der Waals surface area contributed by atoms with Crippen molar-refractivity contribution < 1.29 is 24.4 Å². The number of hydrogen-bond acceptors (Lipinski definition) is 4. The number of aliphatic carboxylic acids is 1. The van der Waals surface area contributed by atoms with Crippen molar-refractivity contribution in [3.63, 3.8) is 0 Å². The molecule has 25 heavy (non-hydrogen) atoms. The van der Waals surface area contributed by atoms with E-state index in [1.165, 1.54) is 0 Å². The number of rotatable bonds is 6. The quantitative estimate of drug-likeness (QED) is 0.674. The van der Waals surface area contributed by atoms with Crippen molar-refractivity contribution in [3.8, 4) is 0 Å². The molecule has 2 aromatic carbocycles. The zero-order valence-corrected chi connectivity index (χ0v) is 13.5. The Kier molecular flexibility index (Phi) is 5.16. The Balaban J connectivity index is 1.67. The summed E-state index contributed by atoms with van der Waals surface area (Å²) in [6.07, 6.45) is 0.844. The van der Waals surface area contributed by atoms with Crippen LogP contribution in [0.1, 0.15) is 27.9 Å². The lowest BCUT2D eigenvalue weighted by atomic mass is 9.79. The van der Waals surface area contributed by atoms with Crippen molar-refractivity contribution in [1.29, 1.82) is 0 Å². The van der Waals surface area contributed by atoms with Crippen LogP contribution in [0, 0.1) is 0 Å². The van der Waals surface area contributed by atoms with E-state index < -0.39 is 25.0 Å².